The molecule has 3 N–H and O–H groups in total. The number of nitrogens with two attached hydrogens (primary N) is 1. The molecule has 5 nitrogen and oxygen atoms in total. The van der Waals surface area contributed by atoms with Crippen molar-refractivity contribution in [2.75, 3.05) is 5.73 Å². The minimum Gasteiger partial charge on any atom is -0.382 e. The highest BCUT2D eigenvalue weighted by atomic mass is 32.2. The van der Waals surface area contributed by atoms with E-state index < -0.39 is 0 Å². The van der Waals surface area contributed by atoms with Gasteiger partial charge in [0.2, 0.25) is 0 Å². The van der Waals surface area contributed by atoms with Crippen molar-refractivity contribution in [3.05, 3.63) is 35.2 Å². The van der Waals surface area contributed by atoms with E-state index in [9.17, 15) is 0 Å². The second kappa shape index (κ2) is 4.73. The smallest absolute Gasteiger partial charge is 0.183 e. The molecular weight excluding hydrogens is 282 g/mol. The number of aromatic amines is 1. The Morgan fingerprint density at radius 2 is 2.00 bits per heavy atom. The number of aromatic nitrogens is 4. The van der Waals surface area contributed by atoms with E-state index in [-0.39, 0.29) is 0 Å². The van der Waals surface area contributed by atoms with Gasteiger partial charge in [0.05, 0.1) is 0 Å². The molecule has 2 aromatic heterocycles. The molecule has 0 bridgehead atoms. The van der Waals surface area contributed by atoms with Crippen LogP contribution in [-0.4, -0.2) is 19.9 Å². The van der Waals surface area contributed by atoms with Crippen LogP contribution in [0, 0.1) is 6.92 Å². The second-order valence-electron chi connectivity index (χ2n) is 5.34. The van der Waals surface area contributed by atoms with Crippen LogP contribution in [-0.2, 0) is 12.8 Å². The van der Waals surface area contributed by atoms with E-state index in [1.807, 2.05) is 0 Å². The molecule has 2 heterocycles. The van der Waals surface area contributed by atoms with Crippen molar-refractivity contribution in [3.63, 3.8) is 0 Å². The first-order chi connectivity index (χ1) is 10.2. The molecule has 0 atom stereocenters. The Bertz CT molecular complexity index is 839. The highest BCUT2D eigenvalue weighted by Crippen LogP contribution is 2.34. The normalized spacial score (nSPS) is 13.8. The van der Waals surface area contributed by atoms with Crippen molar-refractivity contribution in [2.24, 2.45) is 0 Å². The zero-order valence-electron chi connectivity index (χ0n) is 11.7. The summed E-state index contributed by atoms with van der Waals surface area (Å²) in [4.78, 5) is 17.0. The average molecular weight is 297 g/mol. The maximum atomic E-state index is 5.83. The summed E-state index contributed by atoms with van der Waals surface area (Å²) in [5.41, 5.74) is 11.4. The van der Waals surface area contributed by atoms with Crippen LogP contribution in [0.2, 0.25) is 0 Å². The van der Waals surface area contributed by atoms with Gasteiger partial charge in [-0.3, -0.25) is 0 Å². The summed E-state index contributed by atoms with van der Waals surface area (Å²) < 4.78 is 0. The van der Waals surface area contributed by atoms with Crippen LogP contribution in [0.5, 0.6) is 0 Å². The molecular formula is C15H15N5S. The van der Waals surface area contributed by atoms with Crippen LogP contribution in [0.15, 0.2) is 28.5 Å². The largest absolute Gasteiger partial charge is 0.382 e. The fraction of sp³-hybridized carbons (Fsp3) is 0.267. The highest BCUT2D eigenvalue weighted by Gasteiger charge is 2.15. The van der Waals surface area contributed by atoms with Crippen molar-refractivity contribution < 1.29 is 0 Å². The predicted molar refractivity (Wildman–Crippen MR) is 83.4 cm³/mol. The first-order valence-corrected chi connectivity index (χ1v) is 7.79. The Labute approximate surface area is 126 Å². The van der Waals surface area contributed by atoms with Gasteiger partial charge in [-0.2, -0.15) is 0 Å². The number of H-pyrrole nitrogens is 1. The van der Waals surface area contributed by atoms with E-state index in [0.29, 0.717) is 17.0 Å². The molecule has 0 unspecified atom stereocenters. The molecule has 1 aliphatic rings. The summed E-state index contributed by atoms with van der Waals surface area (Å²) >= 11 is 1.62. The maximum absolute atomic E-state index is 5.83. The minimum atomic E-state index is 0.435. The Balaban J connectivity index is 1.73. The lowest BCUT2D eigenvalue weighted by Gasteiger charge is -2.07. The number of hydrogen-bond donors (Lipinski definition) is 2. The molecule has 6 heteroatoms. The van der Waals surface area contributed by atoms with E-state index in [4.69, 9.17) is 5.73 Å². The molecule has 3 aromatic rings. The fourth-order valence-corrected chi connectivity index (χ4v) is 3.73. The number of anilines is 1. The highest BCUT2D eigenvalue weighted by molar-refractivity contribution is 7.99. The first kappa shape index (κ1) is 12.6. The van der Waals surface area contributed by atoms with Crippen LogP contribution < -0.4 is 5.73 Å². The van der Waals surface area contributed by atoms with Gasteiger partial charge in [0.15, 0.2) is 16.6 Å². The van der Waals surface area contributed by atoms with Gasteiger partial charge in [-0.15, -0.1) is 0 Å². The Hall–Kier alpha value is -2.08. The van der Waals surface area contributed by atoms with Gasteiger partial charge in [0.1, 0.15) is 11.8 Å². The quantitative estimate of drug-likeness (QED) is 0.760. The zero-order valence-corrected chi connectivity index (χ0v) is 12.5. The lowest BCUT2D eigenvalue weighted by atomic mass is 10.1. The van der Waals surface area contributed by atoms with Gasteiger partial charge < -0.3 is 10.7 Å². The molecule has 0 fully saturated rings. The molecule has 1 aliphatic carbocycles. The van der Waals surface area contributed by atoms with Gasteiger partial charge in [0, 0.05) is 4.90 Å². The third kappa shape index (κ3) is 2.15. The van der Waals surface area contributed by atoms with E-state index in [2.05, 4.69) is 39.0 Å². The number of nitrogens with zero attached hydrogens (tertiary/aromatic N) is 3. The lowest BCUT2D eigenvalue weighted by Crippen LogP contribution is -1.91. The molecule has 106 valence electrons. The van der Waals surface area contributed by atoms with Crippen molar-refractivity contribution in [1.29, 1.82) is 0 Å². The zero-order chi connectivity index (χ0) is 14.4. The number of fused-ring (bicyclic) bond motifs is 2. The van der Waals surface area contributed by atoms with Gasteiger partial charge in [0.25, 0.3) is 0 Å². The van der Waals surface area contributed by atoms with Gasteiger partial charge >= 0.3 is 0 Å². The molecule has 1 aromatic carbocycles. The molecule has 0 radical (unpaired) electrons. The lowest BCUT2D eigenvalue weighted by molar-refractivity contribution is 0.911. The number of imidazole rings is 1. The number of benzene rings is 1. The summed E-state index contributed by atoms with van der Waals surface area (Å²) in [6, 6.07) is 4.60. The standard InChI is InChI=1S/C15H15N5S/c1-8-5-9-3-2-4-10(9)6-11(8)21-15-19-12-13(16)17-7-18-14(12)20-15/h5-7H,2-4H2,1H3,(H3,16,17,18,19,20). The van der Waals surface area contributed by atoms with E-state index in [0.717, 1.165) is 5.16 Å². The number of aryl methyl sites for hydroxylation is 3. The Kier molecular flexibility index (Phi) is 2.85. The molecule has 0 saturated carbocycles. The molecule has 21 heavy (non-hydrogen) atoms. The van der Waals surface area contributed by atoms with Crippen LogP contribution in [0.1, 0.15) is 23.1 Å². The van der Waals surface area contributed by atoms with Crippen molar-refractivity contribution in [1.82, 2.24) is 19.9 Å². The second-order valence-corrected chi connectivity index (χ2v) is 6.37. The number of rotatable bonds is 2. The number of hydrogen-bond acceptors (Lipinski definition) is 5. The van der Waals surface area contributed by atoms with Gasteiger partial charge in [-0.25, -0.2) is 15.0 Å². The Morgan fingerprint density at radius 1 is 1.19 bits per heavy atom. The van der Waals surface area contributed by atoms with E-state index in [1.54, 1.807) is 11.8 Å². The summed E-state index contributed by atoms with van der Waals surface area (Å²) in [5, 5.41) is 0.804. The predicted octanol–water partition coefficient (Wildman–Crippen LogP) is 2.88. The average Bonchev–Trinajstić information content (AvgIpc) is 3.06. The summed E-state index contributed by atoms with van der Waals surface area (Å²) in [6.45, 7) is 2.15. The van der Waals surface area contributed by atoms with Crippen LogP contribution in [0.25, 0.3) is 11.2 Å². The fourth-order valence-electron chi connectivity index (χ4n) is 2.81. The first-order valence-electron chi connectivity index (χ1n) is 6.97. The molecule has 0 saturated heterocycles. The molecule has 0 spiro atoms. The third-order valence-corrected chi connectivity index (χ3v) is 4.94. The van der Waals surface area contributed by atoms with Crippen LogP contribution in [0.3, 0.4) is 0 Å². The topological polar surface area (TPSA) is 80.5 Å². The van der Waals surface area contributed by atoms with Gasteiger partial charge in [-0.1, -0.05) is 17.8 Å². The van der Waals surface area contributed by atoms with Crippen molar-refractivity contribution >= 4 is 28.7 Å². The third-order valence-electron chi connectivity index (χ3n) is 3.89. The molecule has 4 rings (SSSR count). The van der Waals surface area contributed by atoms with Crippen LogP contribution >= 0.6 is 11.8 Å². The van der Waals surface area contributed by atoms with Crippen LogP contribution in [0.4, 0.5) is 5.82 Å². The van der Waals surface area contributed by atoms with E-state index in [1.165, 1.54) is 47.2 Å². The summed E-state index contributed by atoms with van der Waals surface area (Å²) in [5.74, 6) is 0.435. The monoisotopic (exact) mass is 297 g/mol. The van der Waals surface area contributed by atoms with Crippen molar-refractivity contribution in [2.45, 2.75) is 36.2 Å². The maximum Gasteiger partial charge on any atom is 0.183 e. The van der Waals surface area contributed by atoms with Gasteiger partial charge in [-0.05, 0) is 48.9 Å². The van der Waals surface area contributed by atoms with E-state index >= 15 is 0 Å². The van der Waals surface area contributed by atoms with Crippen molar-refractivity contribution in [3.8, 4) is 0 Å². The number of nitrogens with one attached hydrogen (secondary N) is 1. The Morgan fingerprint density at radius 3 is 2.81 bits per heavy atom. The summed E-state index contributed by atoms with van der Waals surface area (Å²) in [6.07, 6.45) is 5.09. The molecule has 0 aliphatic heterocycles. The summed E-state index contributed by atoms with van der Waals surface area (Å²) in [7, 11) is 0. The SMILES string of the molecule is Cc1cc2c(cc1Sc1nc3ncnc(N)c3[nH]1)CCC2. The molecule has 0 amide bonds. The minimum absolute atomic E-state index is 0.435. The number of nitrogen functional groups attached to an aromatic ring is 1.